The van der Waals surface area contributed by atoms with E-state index in [1.165, 1.54) is 20.8 Å². The van der Waals surface area contributed by atoms with Crippen molar-refractivity contribution in [2.24, 2.45) is 11.3 Å². The summed E-state index contributed by atoms with van der Waals surface area (Å²) in [6.07, 6.45) is -25.9. The van der Waals surface area contributed by atoms with E-state index in [-0.39, 0.29) is 0 Å². The molecule has 0 aliphatic carbocycles. The second-order valence-corrected chi connectivity index (χ2v) is 12.0. The Labute approximate surface area is 236 Å². The summed E-state index contributed by atoms with van der Waals surface area (Å²) in [6.45, 7) is 6.63. The second kappa shape index (κ2) is 12.0. The lowest BCUT2D eigenvalue weighted by atomic mass is 9.72. The third-order valence-corrected chi connectivity index (χ3v) is 9.01. The fraction of sp³-hybridized carbons (Fsp3) is 1.00. The molecule has 0 saturated carbocycles. The SMILES string of the molecule is CC1OC(C)C2C(C)OC(C)(OC3C(O)C(O)C(OCC4(C)C(O)C(O)C1OC4C(O)O)OC3C(O)O)C(O)C2O. The van der Waals surface area contributed by atoms with E-state index in [2.05, 4.69) is 0 Å². The molecule has 0 spiro atoms. The zero-order valence-electron chi connectivity index (χ0n) is 23.4. The standard InChI is InChI=1S/C25H44O16/c1-7-10-8(2)40-25(5,19(31)11(10)26)41-16-12(27)13(28)23(39-17(16)21(32)33)36-6-24(4)18(30)14(29)15(9(3)37-7)38-20(24)22(34)35/h7-23,26-35H,6H2,1-5H3. The molecule has 8 fully saturated rings. The molecule has 8 aliphatic rings. The summed E-state index contributed by atoms with van der Waals surface area (Å²) in [5.74, 6) is -2.92. The van der Waals surface area contributed by atoms with Crippen molar-refractivity contribution < 1.29 is 79.5 Å². The maximum atomic E-state index is 11.2. The Bertz CT molecular complexity index is 894. The first kappa shape index (κ1) is 33.3. The van der Waals surface area contributed by atoms with Crippen LogP contribution in [-0.4, -0.2) is 162 Å². The van der Waals surface area contributed by atoms with Crippen LogP contribution in [0.1, 0.15) is 34.6 Å². The molecule has 41 heavy (non-hydrogen) atoms. The van der Waals surface area contributed by atoms with Crippen LogP contribution in [0, 0.1) is 11.3 Å². The van der Waals surface area contributed by atoms with Gasteiger partial charge in [0.05, 0.1) is 42.5 Å². The summed E-state index contributed by atoms with van der Waals surface area (Å²) < 4.78 is 34.8. The number of hydrogen-bond donors (Lipinski definition) is 10. The van der Waals surface area contributed by atoms with E-state index >= 15 is 0 Å². The van der Waals surface area contributed by atoms with Gasteiger partial charge >= 0.3 is 0 Å². The summed E-state index contributed by atoms with van der Waals surface area (Å²) in [4.78, 5) is 0. The molecule has 240 valence electrons. The van der Waals surface area contributed by atoms with Crippen molar-refractivity contribution in [2.75, 3.05) is 6.61 Å². The number of aliphatic hydroxyl groups excluding tert-OH is 8. The van der Waals surface area contributed by atoms with Crippen LogP contribution in [0.25, 0.3) is 0 Å². The molecule has 0 amide bonds. The highest BCUT2D eigenvalue weighted by molar-refractivity contribution is 5.04. The summed E-state index contributed by atoms with van der Waals surface area (Å²) in [5.41, 5.74) is -1.73. The molecule has 10 N–H and O–H groups in total. The Morgan fingerprint density at radius 3 is 1.85 bits per heavy atom. The molecule has 0 radical (unpaired) electrons. The van der Waals surface area contributed by atoms with E-state index in [1.807, 2.05) is 0 Å². The summed E-state index contributed by atoms with van der Waals surface area (Å²) in [6, 6.07) is 0. The van der Waals surface area contributed by atoms with E-state index in [0.29, 0.717) is 0 Å². The summed E-state index contributed by atoms with van der Waals surface area (Å²) in [7, 11) is 0. The molecular formula is C25H44O16. The number of ether oxygens (including phenoxy) is 6. The van der Waals surface area contributed by atoms with Gasteiger partial charge in [0.15, 0.2) is 24.7 Å². The molecule has 17 unspecified atom stereocenters. The van der Waals surface area contributed by atoms with Crippen LogP contribution in [0.3, 0.4) is 0 Å². The normalized spacial score (nSPS) is 55.4. The van der Waals surface area contributed by atoms with Crippen LogP contribution in [-0.2, 0) is 28.4 Å². The average molecular weight is 601 g/mol. The maximum Gasteiger partial charge on any atom is 0.194 e. The van der Waals surface area contributed by atoms with Gasteiger partial charge in [-0.3, -0.25) is 0 Å². The fourth-order valence-electron chi connectivity index (χ4n) is 6.60. The van der Waals surface area contributed by atoms with Gasteiger partial charge in [0.25, 0.3) is 0 Å². The zero-order chi connectivity index (χ0) is 30.8. The summed E-state index contributed by atoms with van der Waals surface area (Å²) >= 11 is 0. The zero-order valence-corrected chi connectivity index (χ0v) is 23.4. The van der Waals surface area contributed by atoms with Gasteiger partial charge < -0.3 is 79.5 Å². The molecular weight excluding hydrogens is 556 g/mol. The Morgan fingerprint density at radius 2 is 1.27 bits per heavy atom. The van der Waals surface area contributed by atoms with E-state index in [0.717, 1.165) is 0 Å². The maximum absolute atomic E-state index is 11.2. The third-order valence-electron chi connectivity index (χ3n) is 9.01. The van der Waals surface area contributed by atoms with Crippen molar-refractivity contribution in [1.29, 1.82) is 0 Å². The minimum absolute atomic E-state index is 0.634. The lowest BCUT2D eigenvalue weighted by Crippen LogP contribution is -2.70. The highest BCUT2D eigenvalue weighted by Crippen LogP contribution is 2.43. The fourth-order valence-corrected chi connectivity index (χ4v) is 6.60. The molecule has 6 bridgehead atoms. The van der Waals surface area contributed by atoms with E-state index in [1.54, 1.807) is 13.8 Å². The van der Waals surface area contributed by atoms with Crippen LogP contribution in [0.15, 0.2) is 0 Å². The molecule has 8 rings (SSSR count). The van der Waals surface area contributed by atoms with Gasteiger partial charge in [0.1, 0.15) is 48.8 Å². The quantitative estimate of drug-likeness (QED) is 0.133. The van der Waals surface area contributed by atoms with E-state index < -0.39 is 122 Å². The Hall–Kier alpha value is -0.640. The smallest absolute Gasteiger partial charge is 0.194 e. The monoisotopic (exact) mass is 600 g/mol. The molecule has 16 nitrogen and oxygen atoms in total. The van der Waals surface area contributed by atoms with Crippen molar-refractivity contribution in [2.45, 2.75) is 139 Å². The predicted molar refractivity (Wildman–Crippen MR) is 131 cm³/mol. The van der Waals surface area contributed by atoms with Gasteiger partial charge in [-0.15, -0.1) is 0 Å². The number of aliphatic hydroxyl groups is 10. The first-order valence-electron chi connectivity index (χ1n) is 13.7. The van der Waals surface area contributed by atoms with Crippen molar-refractivity contribution in [3.63, 3.8) is 0 Å². The van der Waals surface area contributed by atoms with E-state index in [4.69, 9.17) is 28.4 Å². The molecule has 0 aromatic carbocycles. The van der Waals surface area contributed by atoms with Gasteiger partial charge in [-0.1, -0.05) is 6.92 Å². The molecule has 17 atom stereocenters. The predicted octanol–water partition coefficient (Wildman–Crippen LogP) is -4.77. The van der Waals surface area contributed by atoms with Crippen molar-refractivity contribution in [3.05, 3.63) is 0 Å². The number of hydrogen-bond acceptors (Lipinski definition) is 16. The van der Waals surface area contributed by atoms with Gasteiger partial charge in [0, 0.05) is 5.92 Å². The molecule has 0 aromatic rings. The number of rotatable bonds is 2. The van der Waals surface area contributed by atoms with E-state index in [9.17, 15) is 51.1 Å². The van der Waals surface area contributed by atoms with Crippen molar-refractivity contribution >= 4 is 0 Å². The topological polar surface area (TPSA) is 258 Å². The van der Waals surface area contributed by atoms with Crippen LogP contribution in [0.5, 0.6) is 0 Å². The first-order chi connectivity index (χ1) is 18.9. The minimum Gasteiger partial charge on any atom is -0.390 e. The highest BCUT2D eigenvalue weighted by atomic mass is 16.8. The van der Waals surface area contributed by atoms with Crippen LogP contribution in [0.4, 0.5) is 0 Å². The van der Waals surface area contributed by atoms with Crippen LogP contribution in [0.2, 0.25) is 0 Å². The molecule has 8 aliphatic heterocycles. The molecule has 0 aromatic heterocycles. The van der Waals surface area contributed by atoms with Crippen molar-refractivity contribution in [3.8, 4) is 0 Å². The lowest BCUT2D eigenvalue weighted by Gasteiger charge is -2.54. The Balaban J connectivity index is 1.78. The number of fused-ring (bicyclic) bond motifs is 1. The minimum atomic E-state index is -2.30. The van der Waals surface area contributed by atoms with Crippen LogP contribution < -0.4 is 0 Å². The van der Waals surface area contributed by atoms with Gasteiger partial charge in [-0.25, -0.2) is 0 Å². The van der Waals surface area contributed by atoms with Crippen LogP contribution >= 0.6 is 0 Å². The molecule has 8 saturated heterocycles. The van der Waals surface area contributed by atoms with Gasteiger partial charge in [0.2, 0.25) is 0 Å². The highest BCUT2D eigenvalue weighted by Gasteiger charge is 2.60. The summed E-state index contributed by atoms with van der Waals surface area (Å²) in [5, 5.41) is 107. The Kier molecular flexibility index (Phi) is 9.77. The largest absolute Gasteiger partial charge is 0.390 e. The second-order valence-electron chi connectivity index (χ2n) is 12.0. The molecule has 16 heteroatoms. The Morgan fingerprint density at radius 1 is 0.634 bits per heavy atom. The third kappa shape index (κ3) is 5.80. The molecule has 8 heterocycles. The first-order valence-corrected chi connectivity index (χ1v) is 13.7. The van der Waals surface area contributed by atoms with Gasteiger partial charge in [-0.2, -0.15) is 0 Å². The lowest BCUT2D eigenvalue weighted by molar-refractivity contribution is -0.409. The average Bonchev–Trinajstić information content (AvgIpc) is 2.87. The van der Waals surface area contributed by atoms with Crippen molar-refractivity contribution in [1.82, 2.24) is 0 Å². The van der Waals surface area contributed by atoms with Gasteiger partial charge in [-0.05, 0) is 27.7 Å².